The van der Waals surface area contributed by atoms with E-state index in [1.54, 1.807) is 54.1 Å². The van der Waals surface area contributed by atoms with Crippen LogP contribution in [0.25, 0.3) is 6.08 Å². The maximum Gasteiger partial charge on any atom is 0.343 e. The fourth-order valence-electron chi connectivity index (χ4n) is 3.23. The highest BCUT2D eigenvalue weighted by atomic mass is 32.2. The number of hydrogen-bond acceptors (Lipinski definition) is 5. The molecule has 0 aliphatic carbocycles. The van der Waals surface area contributed by atoms with Crippen molar-refractivity contribution in [2.45, 2.75) is 9.79 Å². The summed E-state index contributed by atoms with van der Waals surface area (Å²) in [5.41, 5.74) is 2.10. The molecule has 0 N–H and O–H groups in total. The number of carbonyl (C=O) groups is 2. The van der Waals surface area contributed by atoms with Crippen LogP contribution in [0, 0.1) is 0 Å². The number of amides is 1. The van der Waals surface area contributed by atoms with Gasteiger partial charge in [-0.2, -0.15) is 0 Å². The first kappa shape index (κ1) is 19.8. The second kappa shape index (κ2) is 8.47. The molecule has 0 atom stereocenters. The Hall–Kier alpha value is -3.51. The normalized spacial score (nSPS) is 12.6. The fourth-order valence-corrected chi connectivity index (χ4v) is 4.29. The van der Waals surface area contributed by atoms with Crippen molar-refractivity contribution in [1.29, 1.82) is 0 Å². The third-order valence-corrected chi connectivity index (χ3v) is 5.83. The van der Waals surface area contributed by atoms with Gasteiger partial charge in [-0.3, -0.25) is 9.69 Å². The van der Waals surface area contributed by atoms with Crippen molar-refractivity contribution in [1.82, 2.24) is 0 Å². The zero-order chi connectivity index (χ0) is 21.1. The molecule has 0 radical (unpaired) electrons. The maximum absolute atomic E-state index is 13.7. The number of carbonyl (C=O) groups excluding carboxylic acids is 2. The summed E-state index contributed by atoms with van der Waals surface area (Å²) in [4.78, 5) is 29.7. The van der Waals surface area contributed by atoms with Crippen molar-refractivity contribution in [3.8, 4) is 5.75 Å². The molecule has 5 nitrogen and oxygen atoms in total. The molecular weight excluding hydrogens is 398 g/mol. The van der Waals surface area contributed by atoms with Crippen LogP contribution < -0.4 is 9.64 Å². The third kappa shape index (κ3) is 3.69. The predicted octanol–water partition coefficient (Wildman–Crippen LogP) is 5.08. The molecule has 30 heavy (non-hydrogen) atoms. The molecular formula is C24H19NO4S. The van der Waals surface area contributed by atoms with Crippen LogP contribution in [0.4, 0.5) is 11.4 Å². The summed E-state index contributed by atoms with van der Waals surface area (Å²) in [6.07, 6.45) is 1.54. The lowest BCUT2D eigenvalue weighted by Gasteiger charge is -2.31. The maximum atomic E-state index is 13.7. The molecule has 1 heterocycles. The SMILES string of the molecule is COC(=O)/C(=C\c1ccc(OC)cc1)C(=O)N1c2ccccc2Sc2ccccc21. The summed E-state index contributed by atoms with van der Waals surface area (Å²) in [5.74, 6) is -0.448. The van der Waals surface area contributed by atoms with Gasteiger partial charge in [0, 0.05) is 9.79 Å². The Morgan fingerprint density at radius 3 is 1.93 bits per heavy atom. The number of esters is 1. The van der Waals surface area contributed by atoms with Crippen LogP contribution >= 0.6 is 11.8 Å². The van der Waals surface area contributed by atoms with E-state index in [9.17, 15) is 9.59 Å². The summed E-state index contributed by atoms with van der Waals surface area (Å²) in [6, 6.07) is 22.4. The summed E-state index contributed by atoms with van der Waals surface area (Å²) in [6.45, 7) is 0. The largest absolute Gasteiger partial charge is 0.497 e. The topological polar surface area (TPSA) is 55.8 Å². The first-order valence-corrected chi connectivity index (χ1v) is 10.1. The van der Waals surface area contributed by atoms with Crippen molar-refractivity contribution in [3.05, 3.63) is 83.9 Å². The number of anilines is 2. The van der Waals surface area contributed by atoms with Gasteiger partial charge < -0.3 is 9.47 Å². The van der Waals surface area contributed by atoms with E-state index in [0.29, 0.717) is 11.3 Å². The van der Waals surface area contributed by atoms with Crippen molar-refractivity contribution < 1.29 is 19.1 Å². The lowest BCUT2D eigenvalue weighted by molar-refractivity contribution is -0.137. The average Bonchev–Trinajstić information content (AvgIpc) is 2.80. The van der Waals surface area contributed by atoms with Crippen LogP contribution in [0.3, 0.4) is 0 Å². The number of para-hydroxylation sites is 2. The average molecular weight is 417 g/mol. The van der Waals surface area contributed by atoms with Crippen LogP contribution in [-0.4, -0.2) is 26.1 Å². The monoisotopic (exact) mass is 417 g/mol. The van der Waals surface area contributed by atoms with E-state index in [4.69, 9.17) is 9.47 Å². The molecule has 0 saturated carbocycles. The standard InChI is InChI=1S/C24H19NO4S/c1-28-17-13-11-16(12-14-17)15-18(24(27)29-2)23(26)25-19-7-3-5-9-21(19)30-22-10-6-4-8-20(22)25/h3-15H,1-2H3/b18-15-. The van der Waals surface area contributed by atoms with E-state index in [2.05, 4.69) is 0 Å². The van der Waals surface area contributed by atoms with Gasteiger partial charge in [0.25, 0.3) is 5.91 Å². The minimum atomic E-state index is -0.691. The Labute approximate surface area is 178 Å². The van der Waals surface area contributed by atoms with Crippen LogP contribution in [0.5, 0.6) is 5.75 Å². The van der Waals surface area contributed by atoms with Crippen LogP contribution in [0.15, 0.2) is 88.2 Å². The number of methoxy groups -OCH3 is 2. The van der Waals surface area contributed by atoms with Crippen LogP contribution in [0.2, 0.25) is 0 Å². The molecule has 3 aromatic rings. The molecule has 0 unspecified atom stereocenters. The lowest BCUT2D eigenvalue weighted by atomic mass is 10.1. The van der Waals surface area contributed by atoms with Gasteiger partial charge in [-0.15, -0.1) is 0 Å². The second-order valence-corrected chi connectivity index (χ2v) is 7.58. The van der Waals surface area contributed by atoms with E-state index in [-0.39, 0.29) is 5.57 Å². The Kier molecular flexibility index (Phi) is 5.59. The quantitative estimate of drug-likeness (QED) is 0.256. The van der Waals surface area contributed by atoms with Gasteiger partial charge in [0.2, 0.25) is 0 Å². The predicted molar refractivity (Wildman–Crippen MR) is 117 cm³/mol. The number of nitrogens with zero attached hydrogens (tertiary/aromatic N) is 1. The molecule has 1 aliphatic rings. The molecule has 0 bridgehead atoms. The molecule has 1 aliphatic heterocycles. The lowest BCUT2D eigenvalue weighted by Crippen LogP contribution is -2.32. The van der Waals surface area contributed by atoms with E-state index in [1.165, 1.54) is 7.11 Å². The van der Waals surface area contributed by atoms with Crippen molar-refractivity contribution in [3.63, 3.8) is 0 Å². The van der Waals surface area contributed by atoms with E-state index >= 15 is 0 Å². The van der Waals surface area contributed by atoms with Gasteiger partial charge in [-0.1, -0.05) is 48.2 Å². The molecule has 4 rings (SSSR count). The van der Waals surface area contributed by atoms with E-state index in [1.807, 2.05) is 48.5 Å². The molecule has 1 amide bonds. The van der Waals surface area contributed by atoms with Gasteiger partial charge in [0.15, 0.2) is 0 Å². The van der Waals surface area contributed by atoms with Gasteiger partial charge in [-0.05, 0) is 48.0 Å². The Morgan fingerprint density at radius 2 is 1.40 bits per heavy atom. The van der Waals surface area contributed by atoms with Gasteiger partial charge in [0.1, 0.15) is 11.3 Å². The molecule has 150 valence electrons. The molecule has 0 aromatic heterocycles. The first-order chi connectivity index (χ1) is 14.6. The number of fused-ring (bicyclic) bond motifs is 2. The summed E-state index contributed by atoms with van der Waals surface area (Å²) < 4.78 is 10.1. The van der Waals surface area contributed by atoms with Crippen molar-refractivity contribution >= 4 is 41.1 Å². The number of rotatable bonds is 4. The molecule has 6 heteroatoms. The second-order valence-electron chi connectivity index (χ2n) is 6.50. The summed E-state index contributed by atoms with van der Waals surface area (Å²) in [7, 11) is 2.85. The molecule has 0 fully saturated rings. The Morgan fingerprint density at radius 1 is 0.833 bits per heavy atom. The summed E-state index contributed by atoms with van der Waals surface area (Å²) >= 11 is 1.59. The molecule has 3 aromatic carbocycles. The number of ether oxygens (including phenoxy) is 2. The Balaban J connectivity index is 1.82. The van der Waals surface area contributed by atoms with Gasteiger partial charge >= 0.3 is 5.97 Å². The fraction of sp³-hybridized carbons (Fsp3) is 0.0833. The molecule has 0 spiro atoms. The van der Waals surface area contributed by atoms with Crippen LogP contribution in [0.1, 0.15) is 5.56 Å². The van der Waals surface area contributed by atoms with E-state index in [0.717, 1.165) is 21.2 Å². The van der Waals surface area contributed by atoms with Crippen molar-refractivity contribution in [2.24, 2.45) is 0 Å². The van der Waals surface area contributed by atoms with Crippen molar-refractivity contribution in [2.75, 3.05) is 19.1 Å². The zero-order valence-corrected chi connectivity index (χ0v) is 17.3. The van der Waals surface area contributed by atoms with E-state index < -0.39 is 11.9 Å². The highest BCUT2D eigenvalue weighted by molar-refractivity contribution is 7.99. The minimum absolute atomic E-state index is 0.0563. The zero-order valence-electron chi connectivity index (χ0n) is 16.5. The third-order valence-electron chi connectivity index (χ3n) is 4.70. The Bertz CT molecular complexity index is 1090. The minimum Gasteiger partial charge on any atom is -0.497 e. The van der Waals surface area contributed by atoms with Crippen LogP contribution in [-0.2, 0) is 14.3 Å². The smallest absolute Gasteiger partial charge is 0.343 e. The van der Waals surface area contributed by atoms with Gasteiger partial charge in [-0.25, -0.2) is 4.79 Å². The first-order valence-electron chi connectivity index (χ1n) is 9.27. The van der Waals surface area contributed by atoms with Gasteiger partial charge in [0.05, 0.1) is 25.6 Å². The highest BCUT2D eigenvalue weighted by Gasteiger charge is 2.32. The summed E-state index contributed by atoms with van der Waals surface area (Å²) in [5, 5.41) is 0. The number of hydrogen-bond donors (Lipinski definition) is 0. The number of benzene rings is 3. The molecule has 0 saturated heterocycles. The highest BCUT2D eigenvalue weighted by Crippen LogP contribution is 2.48.